The van der Waals surface area contributed by atoms with E-state index in [1.165, 1.54) is 0 Å². The van der Waals surface area contributed by atoms with E-state index in [1.54, 1.807) is 0 Å². The van der Waals surface area contributed by atoms with Crippen LogP contribution in [0.1, 0.15) is 0 Å². The highest BCUT2D eigenvalue weighted by Crippen LogP contribution is 1.79. The quantitative estimate of drug-likeness (QED) is 0.670. The van der Waals surface area contributed by atoms with Crippen LogP contribution in [0.15, 0.2) is 36.4 Å². The normalized spacial score (nSPS) is 4.00. The molecular formula is C6H12Cl4F2. The first kappa shape index (κ1) is 39.7. The lowest BCUT2D eigenvalue weighted by atomic mass is 10.4. The predicted octanol–water partition coefficient (Wildman–Crippen LogP) is 3.68. The zero-order valence-electron chi connectivity index (χ0n) is 5.91. The summed E-state index contributed by atoms with van der Waals surface area (Å²) in [5, 5.41) is 0. The molecule has 12 heavy (non-hydrogen) atoms. The first-order valence-corrected chi connectivity index (χ1v) is 2.00. The fraction of sp³-hybridized carbons (Fsp3) is 0. The minimum Gasteiger partial charge on any atom is -0.269 e. The molecule has 0 aromatic heterocycles. The molecule has 6 heteroatoms. The van der Waals surface area contributed by atoms with E-state index in [2.05, 4.69) is 0 Å². The number of rotatable bonds is 0. The van der Waals surface area contributed by atoms with Crippen LogP contribution in [0.4, 0.5) is 9.41 Å². The van der Waals surface area contributed by atoms with Crippen LogP contribution in [0.5, 0.6) is 0 Å². The molecule has 0 fully saturated rings. The standard InChI is InChI=1S/C6H6.4ClH.2FH/c1-2-4-6-5-3-1;;;;;;/h1-6H;6*1H. The van der Waals surface area contributed by atoms with E-state index >= 15 is 0 Å². The average molecular weight is 264 g/mol. The van der Waals surface area contributed by atoms with E-state index in [4.69, 9.17) is 0 Å². The van der Waals surface area contributed by atoms with Crippen LogP contribution in [0.25, 0.3) is 0 Å². The molecule has 0 heterocycles. The first-order chi connectivity index (χ1) is 3.00. The van der Waals surface area contributed by atoms with Crippen molar-refractivity contribution in [3.05, 3.63) is 36.4 Å². The lowest BCUT2D eigenvalue weighted by Crippen LogP contribution is -1.47. The third-order valence-electron chi connectivity index (χ3n) is 0.667. The maximum atomic E-state index is 2.00. The summed E-state index contributed by atoms with van der Waals surface area (Å²) in [6, 6.07) is 12.0. The average Bonchev–Trinajstić information content (AvgIpc) is 1.72. The smallest absolute Gasteiger partial charge is 0.0623 e. The Morgan fingerprint density at radius 3 is 0.500 bits per heavy atom. The SMILES string of the molecule is Cl.Cl.Cl.Cl.F.F.c1ccccc1. The number of hydrogen-bond acceptors (Lipinski definition) is 0. The van der Waals surface area contributed by atoms with Gasteiger partial charge < -0.3 is 0 Å². The van der Waals surface area contributed by atoms with Gasteiger partial charge in [0.15, 0.2) is 0 Å². The maximum absolute atomic E-state index is 2.00. The van der Waals surface area contributed by atoms with Gasteiger partial charge in [0, 0.05) is 0 Å². The van der Waals surface area contributed by atoms with Gasteiger partial charge >= 0.3 is 0 Å². The first-order valence-electron chi connectivity index (χ1n) is 2.00. The van der Waals surface area contributed by atoms with Crippen molar-refractivity contribution in [1.29, 1.82) is 0 Å². The van der Waals surface area contributed by atoms with Crippen molar-refractivity contribution in [2.45, 2.75) is 0 Å². The summed E-state index contributed by atoms with van der Waals surface area (Å²) in [5.74, 6) is 0. The molecule has 0 bridgehead atoms. The Morgan fingerprint density at radius 2 is 0.417 bits per heavy atom. The largest absolute Gasteiger partial charge is 0.269 e. The van der Waals surface area contributed by atoms with Crippen molar-refractivity contribution in [3.8, 4) is 0 Å². The van der Waals surface area contributed by atoms with Crippen LogP contribution in [0.3, 0.4) is 0 Å². The molecule has 0 nitrogen and oxygen atoms in total. The molecule has 1 aromatic carbocycles. The minimum absolute atomic E-state index is 0. The topological polar surface area (TPSA) is 0 Å². The predicted molar refractivity (Wildman–Crippen MR) is 60.4 cm³/mol. The van der Waals surface area contributed by atoms with E-state index in [9.17, 15) is 0 Å². The van der Waals surface area contributed by atoms with Gasteiger partial charge in [-0.15, -0.1) is 49.6 Å². The zero-order valence-corrected chi connectivity index (χ0v) is 9.18. The summed E-state index contributed by atoms with van der Waals surface area (Å²) in [5.41, 5.74) is 0. The van der Waals surface area contributed by atoms with Crippen molar-refractivity contribution in [3.63, 3.8) is 0 Å². The highest BCUT2D eigenvalue weighted by Gasteiger charge is 1.57. The minimum atomic E-state index is 0. The van der Waals surface area contributed by atoms with Crippen molar-refractivity contribution >= 4 is 49.6 Å². The van der Waals surface area contributed by atoms with E-state index in [0.29, 0.717) is 0 Å². The highest BCUT2D eigenvalue weighted by atomic mass is 35.5. The Hall–Kier alpha value is 0.240. The van der Waals surface area contributed by atoms with Gasteiger partial charge in [-0.3, -0.25) is 9.41 Å². The molecule has 0 atom stereocenters. The molecule has 0 radical (unpaired) electrons. The molecule has 0 saturated heterocycles. The van der Waals surface area contributed by atoms with Crippen molar-refractivity contribution in [2.24, 2.45) is 0 Å². The summed E-state index contributed by atoms with van der Waals surface area (Å²) in [7, 11) is 0. The molecular weight excluding hydrogens is 252 g/mol. The van der Waals surface area contributed by atoms with Gasteiger partial charge in [0.2, 0.25) is 0 Å². The second kappa shape index (κ2) is 30.3. The van der Waals surface area contributed by atoms with Crippen LogP contribution < -0.4 is 0 Å². The van der Waals surface area contributed by atoms with Crippen LogP contribution in [0.2, 0.25) is 0 Å². The van der Waals surface area contributed by atoms with E-state index in [0.717, 1.165) is 0 Å². The van der Waals surface area contributed by atoms with Gasteiger partial charge in [-0.2, -0.15) is 0 Å². The van der Waals surface area contributed by atoms with Gasteiger partial charge in [0.05, 0.1) is 0 Å². The Labute approximate surface area is 95.5 Å². The van der Waals surface area contributed by atoms with Gasteiger partial charge in [-0.1, -0.05) is 36.4 Å². The monoisotopic (exact) mass is 262 g/mol. The van der Waals surface area contributed by atoms with Crippen molar-refractivity contribution < 1.29 is 9.41 Å². The van der Waals surface area contributed by atoms with Gasteiger partial charge in [-0.05, 0) is 0 Å². The molecule has 0 aliphatic heterocycles. The Bertz CT molecular complexity index is 89.5. The lowest BCUT2D eigenvalue weighted by molar-refractivity contribution is 1.11. The van der Waals surface area contributed by atoms with Gasteiger partial charge in [0.1, 0.15) is 0 Å². The Balaban J connectivity index is -0.0000000150. The molecule has 0 amide bonds. The second-order valence-electron chi connectivity index (χ2n) is 1.15. The van der Waals surface area contributed by atoms with E-state index in [-0.39, 0.29) is 59.0 Å². The molecule has 0 saturated carbocycles. The molecule has 1 aromatic rings. The molecule has 78 valence electrons. The fourth-order valence-corrected chi connectivity index (χ4v) is 0.385. The Morgan fingerprint density at radius 1 is 0.333 bits per heavy atom. The third-order valence-corrected chi connectivity index (χ3v) is 0.667. The summed E-state index contributed by atoms with van der Waals surface area (Å²) in [6.45, 7) is 0. The zero-order chi connectivity index (χ0) is 4.24. The fourth-order valence-electron chi connectivity index (χ4n) is 0.385. The summed E-state index contributed by atoms with van der Waals surface area (Å²) in [6.07, 6.45) is 0. The second-order valence-corrected chi connectivity index (χ2v) is 1.15. The molecule has 0 N–H and O–H groups in total. The number of benzene rings is 1. The van der Waals surface area contributed by atoms with E-state index in [1.807, 2.05) is 36.4 Å². The highest BCUT2D eigenvalue weighted by molar-refractivity contribution is 5.86. The van der Waals surface area contributed by atoms with E-state index < -0.39 is 0 Å². The molecule has 0 aliphatic carbocycles. The molecule has 0 aliphatic rings. The van der Waals surface area contributed by atoms with Crippen LogP contribution >= 0.6 is 49.6 Å². The van der Waals surface area contributed by atoms with Crippen molar-refractivity contribution in [1.82, 2.24) is 0 Å². The number of halogens is 6. The summed E-state index contributed by atoms with van der Waals surface area (Å²) >= 11 is 0. The van der Waals surface area contributed by atoms with Crippen LogP contribution in [-0.2, 0) is 0 Å². The van der Waals surface area contributed by atoms with Crippen LogP contribution in [-0.4, -0.2) is 0 Å². The van der Waals surface area contributed by atoms with Crippen molar-refractivity contribution in [2.75, 3.05) is 0 Å². The summed E-state index contributed by atoms with van der Waals surface area (Å²) < 4.78 is 0. The Kier molecular flexibility index (Phi) is 100. The summed E-state index contributed by atoms with van der Waals surface area (Å²) in [4.78, 5) is 0. The maximum Gasteiger partial charge on any atom is -0.0623 e. The third kappa shape index (κ3) is 22.5. The van der Waals surface area contributed by atoms with Crippen LogP contribution in [0, 0.1) is 0 Å². The molecule has 0 unspecified atom stereocenters. The van der Waals surface area contributed by atoms with Gasteiger partial charge in [0.25, 0.3) is 0 Å². The molecule has 0 spiro atoms. The lowest BCUT2D eigenvalue weighted by Gasteiger charge is -1.69. The molecule has 1 rings (SSSR count). The van der Waals surface area contributed by atoms with Gasteiger partial charge in [-0.25, -0.2) is 0 Å². The number of hydrogen-bond donors (Lipinski definition) is 0.